The quantitative estimate of drug-likeness (QED) is 0.402. The largest absolute Gasteiger partial charge is 0.432 e. The molecule has 2 amide bonds. The van der Waals surface area contributed by atoms with Gasteiger partial charge in [0, 0.05) is 19.6 Å². The van der Waals surface area contributed by atoms with E-state index in [0.717, 1.165) is 0 Å². The fourth-order valence-corrected chi connectivity index (χ4v) is 1.18. The van der Waals surface area contributed by atoms with Gasteiger partial charge in [-0.05, 0) is 6.92 Å². The number of nitrogens with one attached hydrogen (secondary N) is 1. The molecule has 0 saturated carbocycles. The lowest BCUT2D eigenvalue weighted by molar-refractivity contribution is -0.139. The van der Waals surface area contributed by atoms with E-state index in [1.54, 1.807) is 6.92 Å². The summed E-state index contributed by atoms with van der Waals surface area (Å²) in [5, 5.41) is 20.0. The Morgan fingerprint density at radius 1 is 1.28 bits per heavy atom. The summed E-state index contributed by atoms with van der Waals surface area (Å²) in [4.78, 5) is 23.9. The van der Waals surface area contributed by atoms with E-state index in [1.165, 1.54) is 4.90 Å². The Morgan fingerprint density at radius 2 is 1.83 bits per heavy atom. The van der Waals surface area contributed by atoms with Crippen LogP contribution < -0.4 is 5.32 Å². The summed E-state index contributed by atoms with van der Waals surface area (Å²) in [6.45, 7) is 4.98. The molecule has 0 radical (unpaired) electrons. The first kappa shape index (κ1) is 16.4. The van der Waals surface area contributed by atoms with Crippen LogP contribution in [0.5, 0.6) is 0 Å². The van der Waals surface area contributed by atoms with Crippen LogP contribution in [0.15, 0.2) is 12.3 Å². The molecule has 0 aromatic heterocycles. The molecule has 0 aliphatic carbocycles. The number of rotatable bonds is 8. The molecule has 3 N–H and O–H groups in total. The van der Waals surface area contributed by atoms with Crippen molar-refractivity contribution >= 4 is 12.0 Å². The van der Waals surface area contributed by atoms with Gasteiger partial charge in [-0.1, -0.05) is 6.58 Å². The number of aliphatic hydroxyl groups is 2. The van der Waals surface area contributed by atoms with Gasteiger partial charge in [0.1, 0.15) is 0 Å². The van der Waals surface area contributed by atoms with E-state index in [4.69, 9.17) is 14.9 Å². The first-order valence-corrected chi connectivity index (χ1v) is 5.62. The van der Waals surface area contributed by atoms with E-state index < -0.39 is 12.0 Å². The zero-order valence-electron chi connectivity index (χ0n) is 10.5. The minimum absolute atomic E-state index is 0.0324. The highest BCUT2D eigenvalue weighted by Crippen LogP contribution is 1.95. The third kappa shape index (κ3) is 7.64. The van der Waals surface area contributed by atoms with Crippen LogP contribution in [0.2, 0.25) is 0 Å². The monoisotopic (exact) mass is 260 g/mol. The molecule has 7 nitrogen and oxygen atoms in total. The van der Waals surface area contributed by atoms with Crippen molar-refractivity contribution < 1.29 is 24.5 Å². The van der Waals surface area contributed by atoms with Gasteiger partial charge < -0.3 is 25.2 Å². The van der Waals surface area contributed by atoms with Gasteiger partial charge >= 0.3 is 12.0 Å². The molecule has 7 heteroatoms. The second-order valence-electron chi connectivity index (χ2n) is 3.59. The predicted octanol–water partition coefficient (Wildman–Crippen LogP) is -0.551. The van der Waals surface area contributed by atoms with Crippen molar-refractivity contribution in [1.82, 2.24) is 10.2 Å². The smallest absolute Gasteiger partial charge is 0.317 e. The Balaban J connectivity index is 3.92. The minimum Gasteiger partial charge on any atom is -0.432 e. The number of urea groups is 1. The normalized spacial score (nSPS) is 9.72. The molecular weight excluding hydrogens is 240 g/mol. The molecule has 0 aliphatic heterocycles. The molecule has 0 aliphatic rings. The third-order valence-electron chi connectivity index (χ3n) is 1.92. The molecule has 104 valence electrons. The van der Waals surface area contributed by atoms with Gasteiger partial charge in [0.25, 0.3) is 0 Å². The molecule has 0 saturated heterocycles. The van der Waals surface area contributed by atoms with Crippen LogP contribution in [0.4, 0.5) is 4.79 Å². The first-order valence-electron chi connectivity index (χ1n) is 5.62. The summed E-state index contributed by atoms with van der Waals surface area (Å²) in [6.07, 6.45) is 0.0324. The topological polar surface area (TPSA) is 99.1 Å². The van der Waals surface area contributed by atoms with Crippen LogP contribution in [0.3, 0.4) is 0 Å². The van der Waals surface area contributed by atoms with Gasteiger partial charge in [-0.3, -0.25) is 4.79 Å². The Labute approximate surface area is 106 Å². The number of hydrogen-bond acceptors (Lipinski definition) is 5. The fraction of sp³-hybridized carbons (Fsp3) is 0.636. The van der Waals surface area contributed by atoms with Gasteiger partial charge in [-0.2, -0.15) is 0 Å². The molecule has 0 atom stereocenters. The number of amides is 2. The number of esters is 1. The lowest BCUT2D eigenvalue weighted by atomic mass is 10.4. The summed E-state index contributed by atoms with van der Waals surface area (Å²) in [7, 11) is 0. The highest BCUT2D eigenvalue weighted by Gasteiger charge is 2.12. The number of allylic oxidation sites excluding steroid dienone is 1. The van der Waals surface area contributed by atoms with E-state index in [1.807, 2.05) is 0 Å². The Kier molecular flexibility index (Phi) is 8.59. The Hall–Kier alpha value is -1.60. The van der Waals surface area contributed by atoms with Crippen LogP contribution in [-0.2, 0) is 9.53 Å². The Bertz CT molecular complexity index is 287. The van der Waals surface area contributed by atoms with Crippen LogP contribution in [0, 0.1) is 0 Å². The predicted molar refractivity (Wildman–Crippen MR) is 64.7 cm³/mol. The van der Waals surface area contributed by atoms with Crippen molar-refractivity contribution in [3.8, 4) is 0 Å². The van der Waals surface area contributed by atoms with Crippen molar-refractivity contribution in [2.45, 2.75) is 13.3 Å². The minimum atomic E-state index is -0.473. The summed E-state index contributed by atoms with van der Waals surface area (Å²) in [6, 6.07) is -0.443. The standard InChI is InChI=1S/C11H20N2O5/c1-9(2)18-10(16)3-4-12-11(17)13(5-7-14)6-8-15/h14-15H,1,3-8H2,2H3,(H,12,17). The van der Waals surface area contributed by atoms with Gasteiger partial charge in [0.2, 0.25) is 0 Å². The molecule has 0 fully saturated rings. The number of hydrogen-bond donors (Lipinski definition) is 3. The SMILES string of the molecule is C=C(C)OC(=O)CCNC(=O)N(CCO)CCO. The molecular formula is C11H20N2O5. The van der Waals surface area contributed by atoms with Gasteiger partial charge in [0.05, 0.1) is 25.4 Å². The molecule has 0 heterocycles. The zero-order chi connectivity index (χ0) is 14.0. The van der Waals surface area contributed by atoms with Gasteiger partial charge in [-0.25, -0.2) is 4.79 Å². The molecule has 0 aromatic carbocycles. The van der Waals surface area contributed by atoms with Gasteiger partial charge in [0.15, 0.2) is 0 Å². The second-order valence-corrected chi connectivity index (χ2v) is 3.59. The summed E-state index contributed by atoms with van der Waals surface area (Å²) >= 11 is 0. The van der Waals surface area contributed by atoms with E-state index in [-0.39, 0.29) is 39.3 Å². The van der Waals surface area contributed by atoms with Crippen LogP contribution in [-0.4, -0.2) is 60.0 Å². The molecule has 0 spiro atoms. The van der Waals surface area contributed by atoms with Crippen LogP contribution >= 0.6 is 0 Å². The zero-order valence-corrected chi connectivity index (χ0v) is 10.5. The second kappa shape index (κ2) is 9.43. The van der Waals surface area contributed by atoms with Crippen LogP contribution in [0.1, 0.15) is 13.3 Å². The number of nitrogens with zero attached hydrogens (tertiary/aromatic N) is 1. The maximum absolute atomic E-state index is 11.5. The maximum atomic E-state index is 11.5. The summed E-state index contributed by atoms with van der Waals surface area (Å²) in [5.41, 5.74) is 0. The summed E-state index contributed by atoms with van der Waals surface area (Å²) < 4.78 is 4.71. The fourth-order valence-electron chi connectivity index (χ4n) is 1.18. The molecule has 18 heavy (non-hydrogen) atoms. The molecule has 0 rings (SSSR count). The molecule has 0 bridgehead atoms. The first-order chi connectivity index (χ1) is 8.51. The van der Waals surface area contributed by atoms with E-state index >= 15 is 0 Å². The average molecular weight is 260 g/mol. The van der Waals surface area contributed by atoms with E-state index in [9.17, 15) is 9.59 Å². The van der Waals surface area contributed by atoms with Crippen molar-refractivity contribution in [2.24, 2.45) is 0 Å². The van der Waals surface area contributed by atoms with E-state index in [2.05, 4.69) is 11.9 Å². The lowest BCUT2D eigenvalue weighted by Crippen LogP contribution is -2.43. The van der Waals surface area contributed by atoms with Crippen molar-refractivity contribution in [3.05, 3.63) is 12.3 Å². The van der Waals surface area contributed by atoms with Crippen LogP contribution in [0.25, 0.3) is 0 Å². The van der Waals surface area contributed by atoms with Crippen molar-refractivity contribution in [3.63, 3.8) is 0 Å². The lowest BCUT2D eigenvalue weighted by Gasteiger charge is -2.20. The third-order valence-corrected chi connectivity index (χ3v) is 1.92. The summed E-state index contributed by atoms with van der Waals surface area (Å²) in [5.74, 6) is -0.174. The van der Waals surface area contributed by atoms with Crippen molar-refractivity contribution in [1.29, 1.82) is 0 Å². The highest BCUT2D eigenvalue weighted by molar-refractivity contribution is 5.75. The van der Waals surface area contributed by atoms with Crippen molar-refractivity contribution in [2.75, 3.05) is 32.8 Å². The maximum Gasteiger partial charge on any atom is 0.317 e. The number of aliphatic hydroxyl groups excluding tert-OH is 2. The molecule has 0 aromatic rings. The Morgan fingerprint density at radius 3 is 2.28 bits per heavy atom. The number of ether oxygens (including phenoxy) is 1. The number of carbonyl (C=O) groups excluding carboxylic acids is 2. The average Bonchev–Trinajstić information content (AvgIpc) is 2.27. The number of carbonyl (C=O) groups is 2. The van der Waals surface area contributed by atoms with Gasteiger partial charge in [-0.15, -0.1) is 0 Å². The molecule has 0 unspecified atom stereocenters. The highest BCUT2D eigenvalue weighted by atomic mass is 16.5. The van der Waals surface area contributed by atoms with E-state index in [0.29, 0.717) is 5.76 Å².